The Morgan fingerprint density at radius 2 is 2.07 bits per heavy atom. The van der Waals surface area contributed by atoms with Gasteiger partial charge in [-0.15, -0.1) is 0 Å². The number of hydrogen-bond acceptors (Lipinski definition) is 2. The number of nitrogens with two attached hydrogens (primary N) is 1. The zero-order valence-electron chi connectivity index (χ0n) is 10.0. The summed E-state index contributed by atoms with van der Waals surface area (Å²) in [4.78, 5) is 13.9. The van der Waals surface area contributed by atoms with E-state index < -0.39 is 0 Å². The highest BCUT2D eigenvalue weighted by Crippen LogP contribution is 2.30. The molecule has 0 aromatic rings. The average molecular weight is 212 g/mol. The van der Waals surface area contributed by atoms with Crippen molar-refractivity contribution in [3.05, 3.63) is 0 Å². The summed E-state index contributed by atoms with van der Waals surface area (Å²) in [7, 11) is 0. The lowest BCUT2D eigenvalue weighted by atomic mass is 10.2. The van der Waals surface area contributed by atoms with Crippen LogP contribution in [-0.4, -0.2) is 29.9 Å². The summed E-state index contributed by atoms with van der Waals surface area (Å²) in [5.74, 6) is 1.09. The van der Waals surface area contributed by atoms with Crippen molar-refractivity contribution in [1.82, 2.24) is 4.90 Å². The van der Waals surface area contributed by atoms with Gasteiger partial charge < -0.3 is 10.6 Å². The van der Waals surface area contributed by atoms with E-state index in [1.807, 2.05) is 4.90 Å². The lowest BCUT2D eigenvalue weighted by Gasteiger charge is -2.26. The molecule has 0 aromatic heterocycles. The van der Waals surface area contributed by atoms with Crippen LogP contribution in [0.4, 0.5) is 0 Å². The highest BCUT2D eigenvalue weighted by Gasteiger charge is 2.27. The molecule has 0 radical (unpaired) electrons. The van der Waals surface area contributed by atoms with E-state index >= 15 is 0 Å². The van der Waals surface area contributed by atoms with Crippen molar-refractivity contribution in [3.8, 4) is 0 Å². The van der Waals surface area contributed by atoms with Gasteiger partial charge in [-0.3, -0.25) is 4.79 Å². The molecule has 1 fully saturated rings. The third-order valence-corrected chi connectivity index (χ3v) is 2.94. The van der Waals surface area contributed by atoms with Gasteiger partial charge in [-0.1, -0.05) is 0 Å². The molecule has 0 atom stereocenters. The van der Waals surface area contributed by atoms with E-state index in [-0.39, 0.29) is 0 Å². The highest BCUT2D eigenvalue weighted by atomic mass is 16.2. The number of carbonyl (C=O) groups excluding carboxylic acids is 1. The summed E-state index contributed by atoms with van der Waals surface area (Å²) in [6.07, 6.45) is 5.17. The molecule has 0 aromatic carbocycles. The smallest absolute Gasteiger partial charge is 0.222 e. The van der Waals surface area contributed by atoms with Gasteiger partial charge in [0.1, 0.15) is 0 Å². The molecule has 0 heterocycles. The number of carbonyl (C=O) groups is 1. The van der Waals surface area contributed by atoms with Gasteiger partial charge in [-0.2, -0.15) is 0 Å². The minimum absolute atomic E-state index is 0.311. The molecule has 2 N–H and O–H groups in total. The lowest BCUT2D eigenvalue weighted by molar-refractivity contribution is -0.133. The van der Waals surface area contributed by atoms with Crippen molar-refractivity contribution in [3.63, 3.8) is 0 Å². The van der Waals surface area contributed by atoms with Crippen LogP contribution < -0.4 is 5.73 Å². The Bertz CT molecular complexity index is 200. The molecule has 3 heteroatoms. The molecular weight excluding hydrogens is 188 g/mol. The average Bonchev–Trinajstić information content (AvgIpc) is 2.97. The van der Waals surface area contributed by atoms with Gasteiger partial charge in [0.25, 0.3) is 0 Å². The van der Waals surface area contributed by atoms with Gasteiger partial charge in [-0.05, 0) is 52.0 Å². The van der Waals surface area contributed by atoms with Crippen LogP contribution in [0.15, 0.2) is 0 Å². The van der Waals surface area contributed by atoms with Crippen LogP contribution in [0.1, 0.15) is 46.0 Å². The van der Waals surface area contributed by atoms with Gasteiger partial charge in [-0.25, -0.2) is 0 Å². The van der Waals surface area contributed by atoms with E-state index in [4.69, 9.17) is 5.73 Å². The summed E-state index contributed by atoms with van der Waals surface area (Å²) in [5, 5.41) is 0. The fraction of sp³-hybridized carbons (Fsp3) is 0.917. The molecule has 0 spiro atoms. The molecule has 1 saturated carbocycles. The third-order valence-electron chi connectivity index (χ3n) is 2.94. The summed E-state index contributed by atoms with van der Waals surface area (Å²) in [6.45, 7) is 5.86. The molecule has 88 valence electrons. The third kappa shape index (κ3) is 4.65. The second kappa shape index (κ2) is 6.11. The first-order valence-corrected chi connectivity index (χ1v) is 6.14. The van der Waals surface area contributed by atoms with Crippen LogP contribution >= 0.6 is 0 Å². The number of hydrogen-bond donors (Lipinski definition) is 1. The van der Waals surface area contributed by atoms with Gasteiger partial charge in [0.15, 0.2) is 0 Å². The van der Waals surface area contributed by atoms with E-state index in [0.29, 0.717) is 24.9 Å². The SMILES string of the molecule is CC(C)N(CC1CC1)C(=O)CCCCN. The Labute approximate surface area is 93.0 Å². The van der Waals surface area contributed by atoms with Gasteiger partial charge >= 0.3 is 0 Å². The van der Waals surface area contributed by atoms with Crippen molar-refractivity contribution in [1.29, 1.82) is 0 Å². The minimum atomic E-state index is 0.311. The normalized spacial score (nSPS) is 15.7. The van der Waals surface area contributed by atoms with Gasteiger partial charge in [0, 0.05) is 19.0 Å². The topological polar surface area (TPSA) is 46.3 Å². The van der Waals surface area contributed by atoms with Gasteiger partial charge in [0.05, 0.1) is 0 Å². The van der Waals surface area contributed by atoms with Gasteiger partial charge in [0.2, 0.25) is 5.91 Å². The highest BCUT2D eigenvalue weighted by molar-refractivity contribution is 5.76. The Balaban J connectivity index is 2.29. The molecule has 1 amide bonds. The molecule has 0 unspecified atom stereocenters. The van der Waals surface area contributed by atoms with Crippen LogP contribution in [0.25, 0.3) is 0 Å². The van der Waals surface area contributed by atoms with Crippen LogP contribution in [-0.2, 0) is 4.79 Å². The van der Waals surface area contributed by atoms with Crippen molar-refractivity contribution in [2.75, 3.05) is 13.1 Å². The standard InChI is InChI=1S/C12H24N2O/c1-10(2)14(9-11-6-7-11)12(15)5-3-4-8-13/h10-11H,3-9,13H2,1-2H3. The van der Waals surface area contributed by atoms with Crippen LogP contribution in [0, 0.1) is 5.92 Å². The lowest BCUT2D eigenvalue weighted by Crippen LogP contribution is -2.38. The first kappa shape index (κ1) is 12.5. The van der Waals surface area contributed by atoms with E-state index in [1.54, 1.807) is 0 Å². The second-order valence-electron chi connectivity index (χ2n) is 4.83. The summed E-state index contributed by atoms with van der Waals surface area (Å²) in [5.41, 5.74) is 5.42. The van der Waals surface area contributed by atoms with Crippen molar-refractivity contribution in [2.45, 2.75) is 52.0 Å². The number of amides is 1. The summed E-state index contributed by atoms with van der Waals surface area (Å²) in [6, 6.07) is 0.343. The number of rotatable bonds is 7. The number of nitrogens with zero attached hydrogens (tertiary/aromatic N) is 1. The summed E-state index contributed by atoms with van der Waals surface area (Å²) < 4.78 is 0. The molecule has 0 aliphatic heterocycles. The number of unbranched alkanes of at least 4 members (excludes halogenated alkanes) is 1. The minimum Gasteiger partial charge on any atom is -0.340 e. The molecule has 1 aliphatic rings. The zero-order valence-corrected chi connectivity index (χ0v) is 10.0. The molecule has 1 aliphatic carbocycles. The van der Waals surface area contributed by atoms with Crippen molar-refractivity contribution < 1.29 is 4.79 Å². The maximum atomic E-state index is 11.9. The molecule has 0 bridgehead atoms. The first-order valence-electron chi connectivity index (χ1n) is 6.14. The van der Waals surface area contributed by atoms with Crippen molar-refractivity contribution >= 4 is 5.91 Å². The van der Waals surface area contributed by atoms with E-state index in [2.05, 4.69) is 13.8 Å². The zero-order chi connectivity index (χ0) is 11.3. The molecular formula is C12H24N2O. The summed E-state index contributed by atoms with van der Waals surface area (Å²) >= 11 is 0. The van der Waals surface area contributed by atoms with Crippen LogP contribution in [0.3, 0.4) is 0 Å². The largest absolute Gasteiger partial charge is 0.340 e. The molecule has 0 saturated heterocycles. The molecule has 15 heavy (non-hydrogen) atoms. The second-order valence-corrected chi connectivity index (χ2v) is 4.83. The van der Waals surface area contributed by atoms with E-state index in [9.17, 15) is 4.79 Å². The Kier molecular flexibility index (Phi) is 5.09. The predicted molar refractivity (Wildman–Crippen MR) is 62.5 cm³/mol. The first-order chi connectivity index (χ1) is 7.15. The molecule has 1 rings (SSSR count). The Morgan fingerprint density at radius 3 is 2.53 bits per heavy atom. The van der Waals surface area contributed by atoms with Crippen molar-refractivity contribution in [2.24, 2.45) is 11.7 Å². The molecule has 3 nitrogen and oxygen atoms in total. The Hall–Kier alpha value is -0.570. The Morgan fingerprint density at radius 1 is 1.40 bits per heavy atom. The monoisotopic (exact) mass is 212 g/mol. The quantitative estimate of drug-likeness (QED) is 0.654. The van der Waals surface area contributed by atoms with E-state index in [0.717, 1.165) is 25.3 Å². The van der Waals surface area contributed by atoms with Crippen LogP contribution in [0.5, 0.6) is 0 Å². The predicted octanol–water partition coefficient (Wildman–Crippen LogP) is 1.76. The van der Waals surface area contributed by atoms with E-state index in [1.165, 1.54) is 12.8 Å². The fourth-order valence-electron chi connectivity index (χ4n) is 1.74. The van der Waals surface area contributed by atoms with Crippen LogP contribution in [0.2, 0.25) is 0 Å². The maximum absolute atomic E-state index is 11.9. The maximum Gasteiger partial charge on any atom is 0.222 e. The fourth-order valence-corrected chi connectivity index (χ4v) is 1.74.